The molecule has 0 aliphatic carbocycles. The van der Waals surface area contributed by atoms with Crippen LogP contribution in [0.3, 0.4) is 0 Å². The second-order valence-electron chi connectivity index (χ2n) is 9.46. The second kappa shape index (κ2) is 12.8. The van der Waals surface area contributed by atoms with E-state index in [4.69, 9.17) is 4.74 Å². The molecule has 1 saturated heterocycles. The van der Waals surface area contributed by atoms with E-state index in [2.05, 4.69) is 14.9 Å². The van der Waals surface area contributed by atoms with Gasteiger partial charge in [-0.25, -0.2) is 17.7 Å². The van der Waals surface area contributed by atoms with Gasteiger partial charge in [0.15, 0.2) is 0 Å². The van der Waals surface area contributed by atoms with E-state index in [9.17, 15) is 13.2 Å². The Bertz CT molecular complexity index is 1590. The van der Waals surface area contributed by atoms with Crippen LogP contribution >= 0.6 is 0 Å². The van der Waals surface area contributed by atoms with Crippen LogP contribution in [0.2, 0.25) is 0 Å². The maximum atomic E-state index is 14.1. The minimum absolute atomic E-state index is 0.000428. The molecule has 4 aromatic rings. The third-order valence-electron chi connectivity index (χ3n) is 6.85. The zero-order valence-corrected chi connectivity index (χ0v) is 23.5. The van der Waals surface area contributed by atoms with Crippen LogP contribution in [0.25, 0.3) is 12.2 Å². The predicted octanol–water partition coefficient (Wildman–Crippen LogP) is 4.20. The van der Waals surface area contributed by atoms with Crippen LogP contribution in [0.5, 0.6) is 5.75 Å². The standard InChI is InChI=1S/C31H31N5O4S/c1-40-27-11-13-28(14-12-27)41(38,39)36(29-7-3-2-6-26(29)10-9-25-15-18-32-19-16-25)31(37)24-34-20-22-35(23-21-34)30-8-4-5-17-33-30/h2-19H,20-24H2,1H3/b10-9+. The van der Waals surface area contributed by atoms with Gasteiger partial charge in [0.25, 0.3) is 15.9 Å². The lowest BCUT2D eigenvalue weighted by atomic mass is 10.1. The Morgan fingerprint density at radius 1 is 0.878 bits per heavy atom. The molecule has 3 heterocycles. The number of piperazine rings is 1. The molecule has 1 aliphatic rings. The number of ether oxygens (including phenoxy) is 1. The first-order valence-electron chi connectivity index (χ1n) is 13.2. The zero-order chi connectivity index (χ0) is 28.7. The number of rotatable bonds is 9. The molecule has 41 heavy (non-hydrogen) atoms. The number of benzene rings is 2. The molecule has 210 valence electrons. The number of methoxy groups -OCH3 is 1. The summed E-state index contributed by atoms with van der Waals surface area (Å²) in [4.78, 5) is 26.5. The lowest BCUT2D eigenvalue weighted by Gasteiger charge is -2.36. The zero-order valence-electron chi connectivity index (χ0n) is 22.7. The van der Waals surface area contributed by atoms with Gasteiger partial charge >= 0.3 is 0 Å². The van der Waals surface area contributed by atoms with Crippen molar-refractivity contribution in [1.82, 2.24) is 14.9 Å². The second-order valence-corrected chi connectivity index (χ2v) is 11.2. The number of hydrogen-bond acceptors (Lipinski definition) is 8. The fourth-order valence-electron chi connectivity index (χ4n) is 4.66. The van der Waals surface area contributed by atoms with Crippen LogP contribution < -0.4 is 13.9 Å². The lowest BCUT2D eigenvalue weighted by Crippen LogP contribution is -2.51. The number of aromatic nitrogens is 2. The van der Waals surface area contributed by atoms with Crippen LogP contribution in [0.15, 0.2) is 102 Å². The molecule has 0 N–H and O–H groups in total. The van der Waals surface area contributed by atoms with Crippen molar-refractivity contribution in [2.45, 2.75) is 4.90 Å². The van der Waals surface area contributed by atoms with Crippen molar-refractivity contribution in [1.29, 1.82) is 0 Å². The minimum atomic E-state index is -4.25. The summed E-state index contributed by atoms with van der Waals surface area (Å²) in [6.07, 6.45) is 8.79. The summed E-state index contributed by atoms with van der Waals surface area (Å²) >= 11 is 0. The molecule has 0 unspecified atom stereocenters. The van der Waals surface area contributed by atoms with Gasteiger partial charge in [-0.1, -0.05) is 36.4 Å². The van der Waals surface area contributed by atoms with E-state index in [0.29, 0.717) is 37.5 Å². The highest BCUT2D eigenvalue weighted by molar-refractivity contribution is 7.93. The average Bonchev–Trinajstić information content (AvgIpc) is 3.02. The monoisotopic (exact) mass is 569 g/mol. The van der Waals surface area contributed by atoms with Crippen molar-refractivity contribution < 1.29 is 17.9 Å². The topological polar surface area (TPSA) is 95.9 Å². The molecule has 1 amide bonds. The quantitative estimate of drug-likeness (QED) is 0.296. The van der Waals surface area contributed by atoms with Crippen molar-refractivity contribution in [3.8, 4) is 5.75 Å². The SMILES string of the molecule is COc1ccc(S(=O)(=O)N(C(=O)CN2CCN(c3ccccn3)CC2)c2ccccc2/C=C/c2ccncc2)cc1. The number of nitrogens with zero attached hydrogens (tertiary/aromatic N) is 5. The molecular weight excluding hydrogens is 538 g/mol. The van der Waals surface area contributed by atoms with E-state index in [1.165, 1.54) is 19.2 Å². The maximum Gasteiger partial charge on any atom is 0.270 e. The fraction of sp³-hybridized carbons (Fsp3) is 0.194. The highest BCUT2D eigenvalue weighted by Gasteiger charge is 2.34. The predicted molar refractivity (Wildman–Crippen MR) is 160 cm³/mol. The molecule has 10 heteroatoms. The number of pyridine rings is 2. The Morgan fingerprint density at radius 2 is 1.59 bits per heavy atom. The highest BCUT2D eigenvalue weighted by Crippen LogP contribution is 2.30. The largest absolute Gasteiger partial charge is 0.497 e. The fourth-order valence-corrected chi connectivity index (χ4v) is 6.10. The number of anilines is 2. The number of sulfonamides is 1. The minimum Gasteiger partial charge on any atom is -0.497 e. The Kier molecular flexibility index (Phi) is 8.71. The van der Waals surface area contributed by atoms with Crippen LogP contribution in [-0.4, -0.2) is 69.0 Å². The van der Waals surface area contributed by atoms with E-state index < -0.39 is 15.9 Å². The van der Waals surface area contributed by atoms with E-state index in [1.54, 1.807) is 55.0 Å². The van der Waals surface area contributed by atoms with Gasteiger partial charge in [0.2, 0.25) is 0 Å². The molecule has 2 aromatic heterocycles. The van der Waals surface area contributed by atoms with Crippen LogP contribution in [-0.2, 0) is 14.8 Å². The number of amides is 1. The first-order valence-corrected chi connectivity index (χ1v) is 14.7. The molecule has 1 fully saturated rings. The van der Waals surface area contributed by atoms with Crippen molar-refractivity contribution in [3.63, 3.8) is 0 Å². The Hall–Kier alpha value is -4.54. The van der Waals surface area contributed by atoms with E-state index >= 15 is 0 Å². The van der Waals surface area contributed by atoms with Crippen molar-refractivity contribution in [2.24, 2.45) is 0 Å². The summed E-state index contributed by atoms with van der Waals surface area (Å²) in [6.45, 7) is 2.51. The van der Waals surface area contributed by atoms with Crippen molar-refractivity contribution >= 4 is 39.6 Å². The van der Waals surface area contributed by atoms with Gasteiger partial charge in [0, 0.05) is 44.8 Å². The van der Waals surface area contributed by atoms with Crippen LogP contribution in [0, 0.1) is 0 Å². The van der Waals surface area contributed by atoms with Gasteiger partial charge in [-0.05, 0) is 65.7 Å². The number of para-hydroxylation sites is 1. The third kappa shape index (κ3) is 6.62. The van der Waals surface area contributed by atoms with Gasteiger partial charge in [-0.3, -0.25) is 14.7 Å². The number of carbonyl (C=O) groups excluding carboxylic acids is 1. The first kappa shape index (κ1) is 28.0. The molecular formula is C31H31N5O4S. The third-order valence-corrected chi connectivity index (χ3v) is 8.59. The summed E-state index contributed by atoms with van der Waals surface area (Å²) in [7, 11) is -2.74. The normalized spacial score (nSPS) is 14.2. The van der Waals surface area contributed by atoms with Gasteiger partial charge in [0.1, 0.15) is 11.6 Å². The van der Waals surface area contributed by atoms with E-state index in [1.807, 2.05) is 47.4 Å². The molecule has 5 rings (SSSR count). The Balaban J connectivity index is 1.45. The lowest BCUT2D eigenvalue weighted by molar-refractivity contribution is -0.118. The molecule has 1 aliphatic heterocycles. The molecule has 0 atom stereocenters. The maximum absolute atomic E-state index is 14.1. The molecule has 9 nitrogen and oxygen atoms in total. The van der Waals surface area contributed by atoms with Crippen LogP contribution in [0.1, 0.15) is 11.1 Å². The summed E-state index contributed by atoms with van der Waals surface area (Å²) in [6, 6.07) is 22.5. The van der Waals surface area contributed by atoms with Gasteiger partial charge in [0.05, 0.1) is 24.2 Å². The van der Waals surface area contributed by atoms with Gasteiger partial charge in [-0.2, -0.15) is 0 Å². The number of hydrogen-bond donors (Lipinski definition) is 0. The number of carbonyl (C=O) groups is 1. The highest BCUT2D eigenvalue weighted by atomic mass is 32.2. The van der Waals surface area contributed by atoms with E-state index in [-0.39, 0.29) is 17.1 Å². The van der Waals surface area contributed by atoms with Gasteiger partial charge < -0.3 is 9.64 Å². The summed E-state index contributed by atoms with van der Waals surface area (Å²) in [5.41, 5.74) is 1.77. The molecule has 0 spiro atoms. The van der Waals surface area contributed by atoms with Crippen molar-refractivity contribution in [2.75, 3.05) is 49.0 Å². The summed E-state index contributed by atoms with van der Waals surface area (Å²) in [5.74, 6) is 0.877. The van der Waals surface area contributed by atoms with E-state index in [0.717, 1.165) is 15.7 Å². The Labute approximate surface area is 240 Å². The van der Waals surface area contributed by atoms with Gasteiger partial charge in [-0.15, -0.1) is 0 Å². The average molecular weight is 570 g/mol. The molecule has 2 aromatic carbocycles. The summed E-state index contributed by atoms with van der Waals surface area (Å²) < 4.78 is 34.3. The summed E-state index contributed by atoms with van der Waals surface area (Å²) in [5, 5.41) is 0. The van der Waals surface area contributed by atoms with Crippen LogP contribution in [0.4, 0.5) is 11.5 Å². The molecule has 0 bridgehead atoms. The first-order chi connectivity index (χ1) is 20.0. The van der Waals surface area contributed by atoms with Crippen molar-refractivity contribution in [3.05, 3.63) is 109 Å². The Morgan fingerprint density at radius 3 is 2.27 bits per heavy atom. The molecule has 0 radical (unpaired) electrons. The smallest absolute Gasteiger partial charge is 0.270 e. The molecule has 0 saturated carbocycles.